The van der Waals surface area contributed by atoms with Gasteiger partial charge in [0, 0.05) is 0 Å². The van der Waals surface area contributed by atoms with Gasteiger partial charge in [-0.2, -0.15) is 0 Å². The minimum Gasteiger partial charge on any atom is -0.330 e. The van der Waals surface area contributed by atoms with Gasteiger partial charge in [-0.1, -0.05) is 26.7 Å². The Morgan fingerprint density at radius 2 is 1.92 bits per heavy atom. The van der Waals surface area contributed by atoms with E-state index in [9.17, 15) is 0 Å². The van der Waals surface area contributed by atoms with Gasteiger partial charge in [0.2, 0.25) is 0 Å². The van der Waals surface area contributed by atoms with E-state index in [0.29, 0.717) is 5.41 Å². The van der Waals surface area contributed by atoms with Gasteiger partial charge in [0.25, 0.3) is 0 Å². The number of hydrogen-bond acceptors (Lipinski definition) is 1. The van der Waals surface area contributed by atoms with Crippen molar-refractivity contribution in [2.24, 2.45) is 17.1 Å². The molecule has 1 aliphatic carbocycles. The van der Waals surface area contributed by atoms with Crippen molar-refractivity contribution in [3.8, 4) is 0 Å². The predicted octanol–water partition coefficient (Wildman–Crippen LogP) is 2.94. The lowest BCUT2D eigenvalue weighted by Gasteiger charge is -2.36. The summed E-state index contributed by atoms with van der Waals surface area (Å²) < 4.78 is 0. The van der Waals surface area contributed by atoms with E-state index in [4.69, 9.17) is 5.73 Å². The van der Waals surface area contributed by atoms with Crippen molar-refractivity contribution in [1.29, 1.82) is 0 Å². The maximum Gasteiger partial charge on any atom is -0.00771 e. The molecule has 72 valence electrons. The van der Waals surface area contributed by atoms with E-state index in [1.807, 2.05) is 0 Å². The van der Waals surface area contributed by atoms with Crippen LogP contribution in [0.1, 0.15) is 52.4 Å². The van der Waals surface area contributed by atoms with Gasteiger partial charge in [-0.3, -0.25) is 0 Å². The summed E-state index contributed by atoms with van der Waals surface area (Å²) in [6.45, 7) is 5.68. The topological polar surface area (TPSA) is 26.0 Å². The van der Waals surface area contributed by atoms with Gasteiger partial charge >= 0.3 is 0 Å². The molecule has 0 unspecified atom stereocenters. The molecule has 1 heteroatoms. The van der Waals surface area contributed by atoms with Gasteiger partial charge in [0.05, 0.1) is 0 Å². The van der Waals surface area contributed by atoms with Crippen LogP contribution in [-0.2, 0) is 0 Å². The zero-order chi connectivity index (χ0) is 9.03. The Bertz CT molecular complexity index is 117. The lowest BCUT2D eigenvalue weighted by atomic mass is 9.70. The van der Waals surface area contributed by atoms with E-state index in [2.05, 4.69) is 13.8 Å². The second-order valence-electron chi connectivity index (χ2n) is 4.89. The highest BCUT2D eigenvalue weighted by molar-refractivity contribution is 4.80. The zero-order valence-electron chi connectivity index (χ0n) is 8.60. The van der Waals surface area contributed by atoms with Gasteiger partial charge in [-0.05, 0) is 43.6 Å². The minimum absolute atomic E-state index is 0.631. The summed E-state index contributed by atoms with van der Waals surface area (Å²) in [7, 11) is 0. The minimum atomic E-state index is 0.631. The highest BCUT2D eigenvalue weighted by atomic mass is 14.5. The Kier molecular flexibility index (Phi) is 3.57. The van der Waals surface area contributed by atoms with Crippen LogP contribution in [0.4, 0.5) is 0 Å². The Hall–Kier alpha value is -0.0400. The summed E-state index contributed by atoms with van der Waals surface area (Å²) in [5, 5.41) is 0. The molecule has 0 saturated heterocycles. The van der Waals surface area contributed by atoms with Crippen molar-refractivity contribution in [1.82, 2.24) is 0 Å². The van der Waals surface area contributed by atoms with Crippen LogP contribution in [0.25, 0.3) is 0 Å². The van der Waals surface area contributed by atoms with Gasteiger partial charge < -0.3 is 5.73 Å². The van der Waals surface area contributed by atoms with Crippen molar-refractivity contribution in [2.75, 3.05) is 6.54 Å². The molecule has 0 spiro atoms. The first-order chi connectivity index (χ1) is 5.66. The summed E-state index contributed by atoms with van der Waals surface area (Å²) in [6.07, 6.45) is 8.27. The Morgan fingerprint density at radius 3 is 2.42 bits per heavy atom. The van der Waals surface area contributed by atoms with Crippen LogP contribution in [0.3, 0.4) is 0 Å². The molecular formula is C11H23N. The molecule has 0 aromatic heterocycles. The second kappa shape index (κ2) is 4.27. The maximum atomic E-state index is 5.53. The summed E-state index contributed by atoms with van der Waals surface area (Å²) >= 11 is 0. The first-order valence-corrected chi connectivity index (χ1v) is 5.36. The van der Waals surface area contributed by atoms with Crippen LogP contribution >= 0.6 is 0 Å². The van der Waals surface area contributed by atoms with Gasteiger partial charge in [-0.15, -0.1) is 0 Å². The highest BCUT2D eigenvalue weighted by Gasteiger charge is 2.28. The number of hydrogen-bond donors (Lipinski definition) is 1. The molecule has 1 aliphatic rings. The standard InChI is InChI=1S/C11H23N/c1-10-4-7-11(2,8-5-10)6-3-9-12/h10H,3-9,12H2,1-2H3. The van der Waals surface area contributed by atoms with Gasteiger partial charge in [0.1, 0.15) is 0 Å². The van der Waals surface area contributed by atoms with Crippen LogP contribution in [-0.4, -0.2) is 6.54 Å². The lowest BCUT2D eigenvalue weighted by Crippen LogP contribution is -2.24. The Balaban J connectivity index is 2.29. The van der Waals surface area contributed by atoms with E-state index in [1.54, 1.807) is 0 Å². The first-order valence-electron chi connectivity index (χ1n) is 5.36. The fraction of sp³-hybridized carbons (Fsp3) is 1.00. The van der Waals surface area contributed by atoms with Crippen molar-refractivity contribution in [3.05, 3.63) is 0 Å². The Morgan fingerprint density at radius 1 is 1.33 bits per heavy atom. The molecule has 1 fully saturated rings. The summed E-state index contributed by atoms with van der Waals surface area (Å²) in [5.41, 5.74) is 6.16. The molecule has 1 nitrogen and oxygen atoms in total. The third-order valence-electron chi connectivity index (χ3n) is 3.47. The molecule has 0 heterocycles. The van der Waals surface area contributed by atoms with Crippen LogP contribution in [0.2, 0.25) is 0 Å². The smallest absolute Gasteiger partial charge is 0.00771 e. The van der Waals surface area contributed by atoms with Crippen molar-refractivity contribution in [3.63, 3.8) is 0 Å². The quantitative estimate of drug-likeness (QED) is 0.690. The van der Waals surface area contributed by atoms with Gasteiger partial charge in [-0.25, -0.2) is 0 Å². The molecule has 12 heavy (non-hydrogen) atoms. The van der Waals surface area contributed by atoms with Crippen LogP contribution in [0.15, 0.2) is 0 Å². The monoisotopic (exact) mass is 169 g/mol. The van der Waals surface area contributed by atoms with Crippen molar-refractivity contribution in [2.45, 2.75) is 52.4 Å². The summed E-state index contributed by atoms with van der Waals surface area (Å²) in [6, 6.07) is 0. The third kappa shape index (κ3) is 2.78. The van der Waals surface area contributed by atoms with E-state index >= 15 is 0 Å². The van der Waals surface area contributed by atoms with E-state index in [0.717, 1.165) is 12.5 Å². The van der Waals surface area contributed by atoms with E-state index in [1.165, 1.54) is 38.5 Å². The zero-order valence-corrected chi connectivity index (χ0v) is 8.60. The van der Waals surface area contributed by atoms with Crippen LogP contribution in [0.5, 0.6) is 0 Å². The first kappa shape index (κ1) is 10.0. The molecule has 0 aliphatic heterocycles. The fourth-order valence-corrected chi connectivity index (χ4v) is 2.24. The molecule has 1 rings (SSSR count). The molecule has 0 aromatic carbocycles. The summed E-state index contributed by atoms with van der Waals surface area (Å²) in [5.74, 6) is 0.968. The summed E-state index contributed by atoms with van der Waals surface area (Å²) in [4.78, 5) is 0. The number of nitrogens with two attached hydrogens (primary N) is 1. The predicted molar refractivity (Wildman–Crippen MR) is 54.0 cm³/mol. The molecule has 0 aromatic rings. The Labute approximate surface area is 76.7 Å². The molecule has 1 saturated carbocycles. The lowest BCUT2D eigenvalue weighted by molar-refractivity contribution is 0.162. The second-order valence-corrected chi connectivity index (χ2v) is 4.89. The normalized spacial score (nSPS) is 36.8. The van der Waals surface area contributed by atoms with E-state index < -0.39 is 0 Å². The van der Waals surface area contributed by atoms with Crippen molar-refractivity contribution < 1.29 is 0 Å². The average molecular weight is 169 g/mol. The molecular weight excluding hydrogens is 146 g/mol. The largest absolute Gasteiger partial charge is 0.330 e. The SMILES string of the molecule is CC1CCC(C)(CCCN)CC1. The third-order valence-corrected chi connectivity index (χ3v) is 3.47. The van der Waals surface area contributed by atoms with Crippen LogP contribution in [0, 0.1) is 11.3 Å². The molecule has 2 N–H and O–H groups in total. The average Bonchev–Trinajstić information content (AvgIpc) is 2.08. The molecule has 0 amide bonds. The maximum absolute atomic E-state index is 5.53. The van der Waals surface area contributed by atoms with Crippen molar-refractivity contribution >= 4 is 0 Å². The highest BCUT2D eigenvalue weighted by Crippen LogP contribution is 2.41. The van der Waals surface area contributed by atoms with Gasteiger partial charge in [0.15, 0.2) is 0 Å². The molecule has 0 atom stereocenters. The number of rotatable bonds is 3. The fourth-order valence-electron chi connectivity index (χ4n) is 2.24. The molecule has 0 bridgehead atoms. The van der Waals surface area contributed by atoms with E-state index in [-0.39, 0.29) is 0 Å². The van der Waals surface area contributed by atoms with Crippen LogP contribution < -0.4 is 5.73 Å². The molecule has 0 radical (unpaired) electrons.